The minimum Gasteiger partial charge on any atom is -0.292 e. The Morgan fingerprint density at radius 3 is 2.41 bits per heavy atom. The lowest BCUT2D eigenvalue weighted by Gasteiger charge is -2.20. The number of rotatable bonds is 2. The van der Waals surface area contributed by atoms with Crippen LogP contribution in [0.25, 0.3) is 10.9 Å². The van der Waals surface area contributed by atoms with Crippen LogP contribution in [0.2, 0.25) is 10.0 Å². The molecule has 0 fully saturated rings. The number of halogens is 2. The second kappa shape index (κ2) is 6.36. The number of benzene rings is 2. The van der Waals surface area contributed by atoms with E-state index in [-0.39, 0.29) is 27.3 Å². The number of carbonyl (C=O) groups is 1. The van der Waals surface area contributed by atoms with Crippen molar-refractivity contribution in [2.45, 2.75) is 31.6 Å². The van der Waals surface area contributed by atoms with Crippen molar-refractivity contribution in [3.63, 3.8) is 0 Å². The first-order valence-corrected chi connectivity index (χ1v) is 10.8. The molecule has 0 spiro atoms. The fourth-order valence-electron chi connectivity index (χ4n) is 3.64. The number of aromatic nitrogens is 1. The quantitative estimate of drug-likeness (QED) is 0.566. The molecule has 0 aliphatic heterocycles. The zero-order chi connectivity index (χ0) is 19.5. The van der Waals surface area contributed by atoms with Crippen LogP contribution in [0.1, 0.15) is 35.0 Å². The van der Waals surface area contributed by atoms with Crippen molar-refractivity contribution in [3.05, 3.63) is 63.3 Å². The van der Waals surface area contributed by atoms with Crippen LogP contribution in [0.5, 0.6) is 0 Å². The van der Waals surface area contributed by atoms with Gasteiger partial charge in [-0.3, -0.25) is 4.79 Å². The molecule has 3 aromatic rings. The average molecular weight is 422 g/mol. The maximum Gasteiger partial charge on any atom is 0.268 e. The molecular weight excluding hydrogens is 405 g/mol. The van der Waals surface area contributed by atoms with Crippen LogP contribution in [0.15, 0.2) is 41.3 Å². The van der Waals surface area contributed by atoms with E-state index in [0.717, 1.165) is 9.54 Å². The van der Waals surface area contributed by atoms with Crippen molar-refractivity contribution in [1.29, 1.82) is 0 Å². The molecule has 1 heterocycles. The molecule has 1 atom stereocenters. The van der Waals surface area contributed by atoms with Gasteiger partial charge in [-0.15, -0.1) is 0 Å². The number of hydrogen-bond donors (Lipinski definition) is 0. The van der Waals surface area contributed by atoms with Crippen LogP contribution >= 0.6 is 23.2 Å². The second-order valence-corrected chi connectivity index (χ2v) is 9.54. The summed E-state index contributed by atoms with van der Waals surface area (Å²) in [5.41, 5.74) is 2.20. The Labute approximate surface area is 167 Å². The minimum absolute atomic E-state index is 0.130. The summed E-state index contributed by atoms with van der Waals surface area (Å²) >= 11 is 12.6. The van der Waals surface area contributed by atoms with Gasteiger partial charge in [-0.2, -0.15) is 0 Å². The molecule has 0 saturated carbocycles. The van der Waals surface area contributed by atoms with Gasteiger partial charge in [-0.05, 0) is 49.6 Å². The smallest absolute Gasteiger partial charge is 0.268 e. The van der Waals surface area contributed by atoms with Crippen molar-refractivity contribution in [3.8, 4) is 0 Å². The van der Waals surface area contributed by atoms with Gasteiger partial charge in [-0.25, -0.2) is 12.4 Å². The van der Waals surface area contributed by atoms with E-state index in [9.17, 15) is 13.2 Å². The summed E-state index contributed by atoms with van der Waals surface area (Å²) in [6, 6.07) is 9.76. The number of ketones is 1. The summed E-state index contributed by atoms with van der Waals surface area (Å²) < 4.78 is 28.1. The van der Waals surface area contributed by atoms with E-state index in [1.807, 2.05) is 13.8 Å². The lowest BCUT2D eigenvalue weighted by Crippen LogP contribution is -2.26. The first kappa shape index (κ1) is 18.5. The van der Waals surface area contributed by atoms with Crippen LogP contribution in [0.4, 0.5) is 0 Å². The molecule has 0 N–H and O–H groups in total. The van der Waals surface area contributed by atoms with Crippen LogP contribution in [0, 0.1) is 12.8 Å². The van der Waals surface area contributed by atoms with Crippen molar-refractivity contribution in [2.24, 2.45) is 5.92 Å². The fourth-order valence-corrected chi connectivity index (χ4v) is 5.61. The molecule has 0 amide bonds. The Bertz CT molecular complexity index is 1190. The van der Waals surface area contributed by atoms with E-state index >= 15 is 0 Å². The molecule has 1 unspecified atom stereocenters. The maximum absolute atomic E-state index is 13.5. The summed E-state index contributed by atoms with van der Waals surface area (Å²) in [6.45, 7) is 3.71. The Balaban J connectivity index is 2.13. The summed E-state index contributed by atoms with van der Waals surface area (Å²) in [7, 11) is -3.97. The van der Waals surface area contributed by atoms with E-state index in [2.05, 4.69) is 0 Å². The summed E-state index contributed by atoms with van der Waals surface area (Å²) in [4.78, 5) is 13.1. The topological polar surface area (TPSA) is 56.1 Å². The van der Waals surface area contributed by atoms with Crippen LogP contribution < -0.4 is 0 Å². The molecule has 1 aromatic heterocycles. The highest BCUT2D eigenvalue weighted by molar-refractivity contribution is 7.90. The third-order valence-electron chi connectivity index (χ3n) is 5.15. The molecule has 0 saturated heterocycles. The van der Waals surface area contributed by atoms with Gasteiger partial charge in [-0.1, -0.05) is 47.8 Å². The predicted molar refractivity (Wildman–Crippen MR) is 108 cm³/mol. The minimum atomic E-state index is -3.97. The van der Waals surface area contributed by atoms with E-state index in [1.54, 1.807) is 36.4 Å². The largest absolute Gasteiger partial charge is 0.292 e. The molecule has 4 nitrogen and oxygen atoms in total. The van der Waals surface area contributed by atoms with Gasteiger partial charge in [0.25, 0.3) is 10.0 Å². The zero-order valence-corrected chi connectivity index (χ0v) is 17.1. The van der Waals surface area contributed by atoms with Gasteiger partial charge in [0.05, 0.1) is 20.5 Å². The molecule has 2 aromatic carbocycles. The Kier molecular flexibility index (Phi) is 4.37. The summed E-state index contributed by atoms with van der Waals surface area (Å²) in [5.74, 6) is -0.432. The maximum atomic E-state index is 13.5. The van der Waals surface area contributed by atoms with Gasteiger partial charge in [0.1, 0.15) is 5.69 Å². The lowest BCUT2D eigenvalue weighted by atomic mass is 9.87. The van der Waals surface area contributed by atoms with E-state index in [1.165, 1.54) is 0 Å². The molecule has 0 radical (unpaired) electrons. The van der Waals surface area contributed by atoms with Gasteiger partial charge < -0.3 is 0 Å². The van der Waals surface area contributed by atoms with Gasteiger partial charge in [0, 0.05) is 11.3 Å². The summed E-state index contributed by atoms with van der Waals surface area (Å²) in [5, 5.41) is 1.17. The molecule has 1 aliphatic rings. The highest BCUT2D eigenvalue weighted by Crippen LogP contribution is 2.42. The van der Waals surface area contributed by atoms with Gasteiger partial charge >= 0.3 is 0 Å². The standard InChI is InChI=1S/C20H17Cl2NO3S/c1-11-3-6-13(7-4-11)27(25,26)23-16-10-9-15(21)18(22)17(16)14-8-5-12(2)20(24)19(14)23/h3-4,6-7,9-10,12H,5,8H2,1-2H3. The monoisotopic (exact) mass is 421 g/mol. The molecule has 27 heavy (non-hydrogen) atoms. The lowest BCUT2D eigenvalue weighted by molar-refractivity contribution is 0.0907. The first-order valence-electron chi connectivity index (χ1n) is 8.61. The van der Waals surface area contributed by atoms with Crippen LogP contribution in [-0.4, -0.2) is 18.2 Å². The third-order valence-corrected chi connectivity index (χ3v) is 7.68. The van der Waals surface area contributed by atoms with Crippen molar-refractivity contribution in [2.75, 3.05) is 0 Å². The fraction of sp³-hybridized carbons (Fsp3) is 0.250. The second-order valence-electron chi connectivity index (χ2n) is 6.97. The third kappa shape index (κ3) is 2.72. The molecular formula is C20H17Cl2NO3S. The molecule has 1 aliphatic carbocycles. The van der Waals surface area contributed by atoms with E-state index in [0.29, 0.717) is 34.3 Å². The molecule has 7 heteroatoms. The molecule has 140 valence electrons. The highest BCUT2D eigenvalue weighted by atomic mass is 35.5. The highest BCUT2D eigenvalue weighted by Gasteiger charge is 2.36. The Morgan fingerprint density at radius 1 is 1.07 bits per heavy atom. The Morgan fingerprint density at radius 2 is 1.74 bits per heavy atom. The van der Waals surface area contributed by atoms with Crippen molar-refractivity contribution < 1.29 is 13.2 Å². The number of Topliss-reactive ketones (excluding diaryl/α,β-unsaturated/α-hetero) is 1. The van der Waals surface area contributed by atoms with E-state index < -0.39 is 10.0 Å². The SMILES string of the molecule is Cc1ccc(S(=O)(=O)n2c3c(c4c(Cl)c(Cl)ccc42)CCC(C)C3=O)cc1. The van der Waals surface area contributed by atoms with Crippen LogP contribution in [0.3, 0.4) is 0 Å². The van der Waals surface area contributed by atoms with Crippen molar-refractivity contribution in [1.82, 2.24) is 3.97 Å². The number of hydrogen-bond acceptors (Lipinski definition) is 3. The normalized spacial score (nSPS) is 17.3. The summed E-state index contributed by atoms with van der Waals surface area (Å²) in [6.07, 6.45) is 1.23. The first-order chi connectivity index (χ1) is 12.7. The number of aryl methyl sites for hydroxylation is 2. The van der Waals surface area contributed by atoms with Gasteiger partial charge in [0.15, 0.2) is 5.78 Å². The number of carbonyl (C=O) groups excluding carboxylic acids is 1. The van der Waals surface area contributed by atoms with E-state index in [4.69, 9.17) is 23.2 Å². The van der Waals surface area contributed by atoms with Crippen molar-refractivity contribution >= 4 is 49.9 Å². The number of fused-ring (bicyclic) bond motifs is 3. The van der Waals surface area contributed by atoms with Crippen LogP contribution in [-0.2, 0) is 16.4 Å². The average Bonchev–Trinajstić information content (AvgIpc) is 2.98. The molecule has 0 bridgehead atoms. The Hall–Kier alpha value is -1.82. The molecule has 4 rings (SSSR count). The van der Waals surface area contributed by atoms with Gasteiger partial charge in [0.2, 0.25) is 0 Å². The zero-order valence-electron chi connectivity index (χ0n) is 14.8. The predicted octanol–water partition coefficient (Wildman–Crippen LogP) is 5.26. The number of nitrogens with zero attached hydrogens (tertiary/aromatic N) is 1.